The molecule has 14 heavy (non-hydrogen) atoms. The van der Waals surface area contributed by atoms with E-state index in [-0.39, 0.29) is 5.82 Å². The third kappa shape index (κ3) is 1.51. The lowest BCUT2D eigenvalue weighted by molar-refractivity contribution is 0.623. The maximum absolute atomic E-state index is 13.2. The van der Waals surface area contributed by atoms with Crippen molar-refractivity contribution in [2.24, 2.45) is 0 Å². The summed E-state index contributed by atoms with van der Waals surface area (Å²) >= 11 is 3.49. The summed E-state index contributed by atoms with van der Waals surface area (Å²) < 4.78 is 14.8. The molecular weight excluding hydrogens is 312 g/mol. The van der Waals surface area contributed by atoms with Crippen LogP contribution in [0, 0.1) is 20.7 Å². The van der Waals surface area contributed by atoms with Crippen LogP contribution < -0.4 is 0 Å². The van der Waals surface area contributed by atoms with Gasteiger partial charge in [0.25, 0.3) is 0 Å². The van der Waals surface area contributed by atoms with E-state index < -0.39 is 0 Å². The lowest BCUT2D eigenvalue weighted by atomic mass is 10.1. The molecule has 70 valence electrons. The number of hydrogen-bond donors (Lipinski definition) is 0. The molecule has 0 amide bonds. The molecule has 0 aliphatic rings. The highest BCUT2D eigenvalue weighted by atomic mass is 127. The summed E-state index contributed by atoms with van der Waals surface area (Å²) in [5.41, 5.74) is 0.991. The van der Waals surface area contributed by atoms with Gasteiger partial charge in [-0.05, 0) is 45.0 Å². The Labute approximate surface area is 98.3 Å². The maximum atomic E-state index is 13.2. The molecule has 1 heterocycles. The van der Waals surface area contributed by atoms with Crippen molar-refractivity contribution in [3.8, 4) is 6.07 Å². The molecule has 0 aliphatic carbocycles. The summed E-state index contributed by atoms with van der Waals surface area (Å²) in [5, 5.41) is 11.5. The summed E-state index contributed by atoms with van der Waals surface area (Å²) in [6, 6.07) is 5.31. The highest BCUT2D eigenvalue weighted by Crippen LogP contribution is 2.31. The molecule has 0 fully saturated rings. The standard InChI is InChI=1S/C10H5FINS/c11-8-2-1-7-6(3-4-13)5-14-10(7)9(8)12/h1-2,5H,3H2. The first-order chi connectivity index (χ1) is 6.74. The minimum Gasteiger partial charge on any atom is -0.206 e. The molecule has 0 N–H and O–H groups in total. The van der Waals surface area contributed by atoms with Crippen molar-refractivity contribution < 1.29 is 4.39 Å². The summed E-state index contributed by atoms with van der Waals surface area (Å²) in [6.07, 6.45) is 0.391. The van der Waals surface area contributed by atoms with Crippen LogP contribution >= 0.6 is 33.9 Å². The van der Waals surface area contributed by atoms with Crippen molar-refractivity contribution in [2.75, 3.05) is 0 Å². The lowest BCUT2D eigenvalue weighted by Gasteiger charge is -1.96. The van der Waals surface area contributed by atoms with Crippen molar-refractivity contribution in [1.29, 1.82) is 5.26 Å². The lowest BCUT2D eigenvalue weighted by Crippen LogP contribution is -1.82. The largest absolute Gasteiger partial charge is 0.206 e. The Balaban J connectivity index is 2.72. The Hall–Kier alpha value is -0.670. The van der Waals surface area contributed by atoms with Crippen molar-refractivity contribution in [3.05, 3.63) is 32.5 Å². The average Bonchev–Trinajstić information content (AvgIpc) is 2.57. The summed E-state index contributed by atoms with van der Waals surface area (Å²) in [4.78, 5) is 0. The van der Waals surface area contributed by atoms with Gasteiger partial charge in [0.05, 0.1) is 20.8 Å². The second-order valence-electron chi connectivity index (χ2n) is 2.83. The SMILES string of the molecule is N#CCc1csc2c(I)c(F)ccc12. The molecule has 0 bridgehead atoms. The Morgan fingerprint density at radius 1 is 1.50 bits per heavy atom. The van der Waals surface area contributed by atoms with E-state index in [1.165, 1.54) is 17.4 Å². The van der Waals surface area contributed by atoms with Crippen LogP contribution in [0.1, 0.15) is 5.56 Å². The number of fused-ring (bicyclic) bond motifs is 1. The first kappa shape index (κ1) is 9.87. The molecule has 0 saturated carbocycles. The molecule has 4 heteroatoms. The fourth-order valence-corrected chi connectivity index (χ4v) is 3.16. The van der Waals surface area contributed by atoms with Crippen LogP contribution in [0.3, 0.4) is 0 Å². The number of thiophene rings is 1. The second kappa shape index (κ2) is 3.83. The van der Waals surface area contributed by atoms with Gasteiger partial charge in [-0.1, -0.05) is 6.07 Å². The minimum absolute atomic E-state index is 0.191. The van der Waals surface area contributed by atoms with E-state index in [0.29, 0.717) is 9.99 Å². The molecule has 0 aliphatic heterocycles. The molecule has 0 unspecified atom stereocenters. The quantitative estimate of drug-likeness (QED) is 0.736. The van der Waals surface area contributed by atoms with Crippen molar-refractivity contribution in [3.63, 3.8) is 0 Å². The van der Waals surface area contributed by atoms with Gasteiger partial charge in [-0.3, -0.25) is 0 Å². The van der Waals surface area contributed by atoms with Crippen molar-refractivity contribution >= 4 is 44.0 Å². The number of nitriles is 1. The van der Waals surface area contributed by atoms with Crippen LogP contribution in [0.25, 0.3) is 10.1 Å². The molecule has 0 atom stereocenters. The third-order valence-corrected chi connectivity index (χ3v) is 4.47. The number of hydrogen-bond acceptors (Lipinski definition) is 2. The zero-order valence-electron chi connectivity index (χ0n) is 7.05. The zero-order chi connectivity index (χ0) is 10.1. The van der Waals surface area contributed by atoms with E-state index in [1.54, 1.807) is 6.07 Å². The molecule has 0 spiro atoms. The maximum Gasteiger partial charge on any atom is 0.137 e. The number of nitrogens with zero attached hydrogens (tertiary/aromatic N) is 1. The van der Waals surface area contributed by atoms with E-state index in [0.717, 1.165) is 15.6 Å². The predicted molar refractivity (Wildman–Crippen MR) is 63.8 cm³/mol. The Bertz CT molecular complexity index is 527. The fourth-order valence-electron chi connectivity index (χ4n) is 1.32. The average molecular weight is 317 g/mol. The van der Waals surface area contributed by atoms with Crippen LogP contribution in [0.15, 0.2) is 17.5 Å². The van der Waals surface area contributed by atoms with Crippen LogP contribution in [0.2, 0.25) is 0 Å². The normalized spacial score (nSPS) is 10.4. The van der Waals surface area contributed by atoms with Crippen LogP contribution in [0.5, 0.6) is 0 Å². The van der Waals surface area contributed by atoms with Gasteiger partial charge in [-0.2, -0.15) is 5.26 Å². The van der Waals surface area contributed by atoms with Gasteiger partial charge in [0.15, 0.2) is 0 Å². The molecule has 2 rings (SSSR count). The third-order valence-electron chi connectivity index (χ3n) is 1.98. The molecule has 1 nitrogen and oxygen atoms in total. The van der Waals surface area contributed by atoms with Gasteiger partial charge in [-0.25, -0.2) is 4.39 Å². The molecule has 1 aromatic heterocycles. The van der Waals surface area contributed by atoms with E-state index in [4.69, 9.17) is 5.26 Å². The molecular formula is C10H5FINS. The van der Waals surface area contributed by atoms with Gasteiger partial charge < -0.3 is 0 Å². The van der Waals surface area contributed by atoms with Gasteiger partial charge in [0.1, 0.15) is 5.82 Å². The first-order valence-corrected chi connectivity index (χ1v) is 5.91. The predicted octanol–water partition coefficient (Wildman–Crippen LogP) is 3.71. The zero-order valence-corrected chi connectivity index (χ0v) is 10.0. The van der Waals surface area contributed by atoms with Gasteiger partial charge >= 0.3 is 0 Å². The fraction of sp³-hybridized carbons (Fsp3) is 0.100. The van der Waals surface area contributed by atoms with E-state index in [9.17, 15) is 4.39 Å². The topological polar surface area (TPSA) is 23.8 Å². The van der Waals surface area contributed by atoms with Gasteiger partial charge in [0, 0.05) is 0 Å². The summed E-state index contributed by atoms with van der Waals surface area (Å²) in [6.45, 7) is 0. The Morgan fingerprint density at radius 3 is 3.00 bits per heavy atom. The highest BCUT2D eigenvalue weighted by molar-refractivity contribution is 14.1. The molecule has 0 radical (unpaired) electrons. The highest BCUT2D eigenvalue weighted by Gasteiger charge is 2.09. The number of halogens is 2. The van der Waals surface area contributed by atoms with Crippen molar-refractivity contribution in [2.45, 2.75) is 6.42 Å². The first-order valence-electron chi connectivity index (χ1n) is 3.95. The van der Waals surface area contributed by atoms with Crippen LogP contribution in [-0.4, -0.2) is 0 Å². The van der Waals surface area contributed by atoms with Gasteiger partial charge in [-0.15, -0.1) is 11.3 Å². The minimum atomic E-state index is -0.191. The monoisotopic (exact) mass is 317 g/mol. The molecule has 1 aromatic carbocycles. The summed E-state index contributed by atoms with van der Waals surface area (Å²) in [5.74, 6) is -0.191. The second-order valence-corrected chi connectivity index (χ2v) is 4.79. The number of benzene rings is 1. The Morgan fingerprint density at radius 2 is 2.29 bits per heavy atom. The van der Waals surface area contributed by atoms with Gasteiger partial charge in [0.2, 0.25) is 0 Å². The molecule has 0 saturated heterocycles. The van der Waals surface area contributed by atoms with Crippen LogP contribution in [0.4, 0.5) is 4.39 Å². The smallest absolute Gasteiger partial charge is 0.137 e. The summed E-state index contributed by atoms with van der Waals surface area (Å²) in [7, 11) is 0. The molecule has 2 aromatic rings. The van der Waals surface area contributed by atoms with E-state index in [2.05, 4.69) is 6.07 Å². The Kier molecular flexibility index (Phi) is 2.70. The van der Waals surface area contributed by atoms with Crippen molar-refractivity contribution in [1.82, 2.24) is 0 Å². The number of rotatable bonds is 1. The van der Waals surface area contributed by atoms with E-state index in [1.807, 2.05) is 28.0 Å². The van der Waals surface area contributed by atoms with E-state index >= 15 is 0 Å². The van der Waals surface area contributed by atoms with Crippen LogP contribution in [-0.2, 0) is 6.42 Å².